The maximum Gasteiger partial charge on any atom is 0.382 e. The fourth-order valence-corrected chi connectivity index (χ4v) is 1.82. The van der Waals surface area contributed by atoms with Crippen molar-refractivity contribution in [1.82, 2.24) is 9.55 Å². The van der Waals surface area contributed by atoms with E-state index in [4.69, 9.17) is 10.2 Å². The summed E-state index contributed by atoms with van der Waals surface area (Å²) in [6, 6.07) is 0. The van der Waals surface area contributed by atoms with E-state index < -0.39 is 4.92 Å². The third kappa shape index (κ3) is 3.49. The van der Waals surface area contributed by atoms with Crippen molar-refractivity contribution in [3.63, 3.8) is 0 Å². The van der Waals surface area contributed by atoms with Crippen molar-refractivity contribution in [2.24, 2.45) is 7.05 Å². The molecule has 102 valence electrons. The zero-order valence-corrected chi connectivity index (χ0v) is 10.6. The van der Waals surface area contributed by atoms with Gasteiger partial charge in [0, 0.05) is 7.05 Å². The highest BCUT2D eigenvalue weighted by Crippen LogP contribution is 2.14. The minimum atomic E-state index is -0.536. The minimum absolute atomic E-state index is 0.0109. The summed E-state index contributed by atoms with van der Waals surface area (Å²) in [7, 11) is 3.56. The molecule has 0 atom stereocenters. The van der Waals surface area contributed by atoms with E-state index in [-0.39, 0.29) is 19.0 Å². The van der Waals surface area contributed by atoms with Crippen LogP contribution in [0.25, 0.3) is 0 Å². The van der Waals surface area contributed by atoms with Crippen molar-refractivity contribution in [3.05, 3.63) is 22.1 Å². The monoisotopic (exact) mass is 259 g/mol. The summed E-state index contributed by atoms with van der Waals surface area (Å²) >= 11 is 0. The van der Waals surface area contributed by atoms with Gasteiger partial charge in [-0.3, -0.25) is 0 Å². The molecule has 0 amide bonds. The first-order chi connectivity index (χ1) is 8.41. The van der Waals surface area contributed by atoms with Crippen molar-refractivity contribution >= 4 is 5.82 Å². The van der Waals surface area contributed by atoms with E-state index >= 15 is 0 Å². The first kappa shape index (κ1) is 14.6. The van der Waals surface area contributed by atoms with E-state index in [1.54, 1.807) is 11.6 Å². The molecule has 0 fully saturated rings. The first-order valence-corrected chi connectivity index (χ1v) is 5.64. The van der Waals surface area contributed by atoms with E-state index in [1.165, 1.54) is 6.20 Å². The molecule has 8 heteroatoms. The van der Waals surface area contributed by atoms with Gasteiger partial charge in [-0.25, -0.2) is 0 Å². The molecule has 1 rings (SSSR count). The molecule has 0 unspecified atom stereocenters. The Labute approximate surface area is 105 Å². The Hall–Kier alpha value is -1.51. The molecule has 0 aromatic carbocycles. The maximum absolute atomic E-state index is 10.6. The van der Waals surface area contributed by atoms with Crippen LogP contribution in [-0.4, -0.2) is 62.5 Å². The van der Waals surface area contributed by atoms with Gasteiger partial charge in [-0.2, -0.15) is 0 Å². The van der Waals surface area contributed by atoms with Crippen LogP contribution in [0.5, 0.6) is 0 Å². The van der Waals surface area contributed by atoms with Gasteiger partial charge in [-0.15, -0.1) is 0 Å². The molecule has 1 heterocycles. The maximum atomic E-state index is 10.6. The second kappa shape index (κ2) is 5.89. The molecule has 8 nitrogen and oxygen atoms in total. The van der Waals surface area contributed by atoms with Gasteiger partial charge in [0.25, 0.3) is 5.82 Å². The topological polar surface area (TPSA) is 101 Å². The number of likely N-dealkylation sites (N-methyl/N-ethyl adjacent to an activating group) is 1. The predicted octanol–water partition coefficient (Wildman–Crippen LogP) is -0.740. The molecule has 0 saturated carbocycles. The van der Waals surface area contributed by atoms with Gasteiger partial charge in [-0.1, -0.05) is 0 Å². The number of aliphatic hydroxyl groups excluding tert-OH is 2. The average molecular weight is 259 g/mol. The molecule has 0 bridgehead atoms. The fourth-order valence-electron chi connectivity index (χ4n) is 1.82. The van der Waals surface area contributed by atoms with Crippen LogP contribution in [0.1, 0.15) is 5.82 Å². The molecule has 0 saturated heterocycles. The summed E-state index contributed by atoms with van der Waals surface area (Å²) in [5.74, 6) is 0.373. The molecule has 0 aliphatic rings. The van der Waals surface area contributed by atoms with Gasteiger partial charge >= 0.3 is 5.82 Å². The molecule has 18 heavy (non-hydrogen) atoms. The van der Waals surface area contributed by atoms with Crippen LogP contribution >= 0.6 is 0 Å². The summed E-state index contributed by atoms with van der Waals surface area (Å²) in [6.07, 6.45) is 1.36. The van der Waals surface area contributed by atoms with Gasteiger partial charge in [0.1, 0.15) is 19.3 Å². The van der Waals surface area contributed by atoms with Crippen LogP contribution in [0.4, 0.5) is 5.82 Å². The van der Waals surface area contributed by atoms with E-state index in [1.807, 2.05) is 7.05 Å². The Kier molecular flexibility index (Phi) is 4.76. The molecule has 1 aromatic heterocycles. The Morgan fingerprint density at radius 3 is 2.39 bits per heavy atom. The van der Waals surface area contributed by atoms with E-state index in [2.05, 4.69) is 4.98 Å². The normalized spacial score (nSPS) is 11.8. The third-order valence-corrected chi connectivity index (χ3v) is 2.95. The first-order valence-electron chi connectivity index (χ1n) is 5.64. The summed E-state index contributed by atoms with van der Waals surface area (Å²) in [5.41, 5.74) is 0. The van der Waals surface area contributed by atoms with Gasteiger partial charge in [0.15, 0.2) is 6.54 Å². The SMILES string of the molecule is Cn1cc([N+](=O)[O-])nc1C[N+](C)(CCO)CCO. The quantitative estimate of drug-likeness (QED) is 0.381. The second-order valence-electron chi connectivity index (χ2n) is 4.56. The summed E-state index contributed by atoms with van der Waals surface area (Å²) in [4.78, 5) is 14.0. The number of aromatic nitrogens is 2. The highest BCUT2D eigenvalue weighted by atomic mass is 16.6. The van der Waals surface area contributed by atoms with Crippen molar-refractivity contribution in [2.75, 3.05) is 33.4 Å². The van der Waals surface area contributed by atoms with Crippen LogP contribution in [-0.2, 0) is 13.6 Å². The Morgan fingerprint density at radius 1 is 1.44 bits per heavy atom. The van der Waals surface area contributed by atoms with Crippen molar-refractivity contribution in [3.8, 4) is 0 Å². The lowest BCUT2D eigenvalue weighted by molar-refractivity contribution is -0.923. The summed E-state index contributed by atoms with van der Waals surface area (Å²) in [6.45, 7) is 1.32. The molecular formula is C10H19N4O4+. The van der Waals surface area contributed by atoms with E-state index in [9.17, 15) is 10.1 Å². The number of quaternary nitrogens is 1. The second-order valence-corrected chi connectivity index (χ2v) is 4.56. The lowest BCUT2D eigenvalue weighted by Gasteiger charge is -2.31. The Balaban J connectivity index is 2.89. The lowest BCUT2D eigenvalue weighted by Crippen LogP contribution is -2.47. The van der Waals surface area contributed by atoms with Crippen LogP contribution in [0, 0.1) is 10.1 Å². The van der Waals surface area contributed by atoms with Gasteiger partial charge in [-0.05, 0) is 9.91 Å². The molecule has 0 spiro atoms. The number of nitrogens with zero attached hydrogens (tertiary/aromatic N) is 4. The number of aryl methyl sites for hydroxylation is 1. The smallest absolute Gasteiger partial charge is 0.382 e. The third-order valence-electron chi connectivity index (χ3n) is 2.95. The van der Waals surface area contributed by atoms with E-state index in [0.717, 1.165) is 0 Å². The number of hydrogen-bond acceptors (Lipinski definition) is 5. The van der Waals surface area contributed by atoms with Crippen molar-refractivity contribution < 1.29 is 19.6 Å². The summed E-state index contributed by atoms with van der Waals surface area (Å²) < 4.78 is 1.98. The predicted molar refractivity (Wildman–Crippen MR) is 63.7 cm³/mol. The number of rotatable bonds is 7. The van der Waals surface area contributed by atoms with Crippen molar-refractivity contribution in [2.45, 2.75) is 6.54 Å². The minimum Gasteiger partial charge on any atom is -0.391 e. The molecule has 1 aromatic rings. The summed E-state index contributed by atoms with van der Waals surface area (Å²) in [5, 5.41) is 28.7. The largest absolute Gasteiger partial charge is 0.391 e. The molecule has 0 aliphatic carbocycles. The standard InChI is InChI=1S/C10H19N4O4/c1-12-7-9(13(17)18)11-10(12)8-14(2,3-5-15)4-6-16/h7,15-16H,3-6,8H2,1-2H3/q+1. The van der Waals surface area contributed by atoms with Gasteiger partial charge in [0.2, 0.25) is 0 Å². The number of aliphatic hydroxyl groups is 2. The van der Waals surface area contributed by atoms with E-state index in [0.29, 0.717) is 29.9 Å². The van der Waals surface area contributed by atoms with Crippen LogP contribution < -0.4 is 0 Å². The van der Waals surface area contributed by atoms with Crippen LogP contribution in [0.15, 0.2) is 6.20 Å². The lowest BCUT2D eigenvalue weighted by atomic mass is 10.3. The highest BCUT2D eigenvalue weighted by molar-refractivity contribution is 5.16. The fraction of sp³-hybridized carbons (Fsp3) is 0.700. The zero-order valence-electron chi connectivity index (χ0n) is 10.6. The highest BCUT2D eigenvalue weighted by Gasteiger charge is 2.27. The number of nitro groups is 1. The number of hydrogen-bond donors (Lipinski definition) is 2. The molecular weight excluding hydrogens is 240 g/mol. The Bertz CT molecular complexity index is 412. The Morgan fingerprint density at radius 2 is 2.00 bits per heavy atom. The van der Waals surface area contributed by atoms with Crippen molar-refractivity contribution in [1.29, 1.82) is 0 Å². The molecule has 0 aliphatic heterocycles. The van der Waals surface area contributed by atoms with Crippen LogP contribution in [0.3, 0.4) is 0 Å². The average Bonchev–Trinajstić information content (AvgIpc) is 2.61. The zero-order chi connectivity index (χ0) is 13.8. The number of imidazole rings is 1. The molecule has 2 N–H and O–H groups in total. The van der Waals surface area contributed by atoms with Gasteiger partial charge in [0.05, 0.1) is 20.3 Å². The van der Waals surface area contributed by atoms with Gasteiger partial charge < -0.3 is 29.4 Å². The molecule has 0 radical (unpaired) electrons. The van der Waals surface area contributed by atoms with Crippen LogP contribution in [0.2, 0.25) is 0 Å².